The Bertz CT molecular complexity index is 849. The van der Waals surface area contributed by atoms with Gasteiger partial charge in [0, 0.05) is 6.42 Å². The molecule has 0 saturated carbocycles. The summed E-state index contributed by atoms with van der Waals surface area (Å²) in [5.74, 6) is -3.13. The number of nitrogens with two attached hydrogens (primary N) is 2. The molecule has 0 aromatic heterocycles. The Morgan fingerprint density at radius 1 is 0.889 bits per heavy atom. The monoisotopic (exact) mass is 507 g/mol. The fraction of sp³-hybridized carbons (Fsp3) is 0.600. The smallest absolute Gasteiger partial charge is 0.326 e. The van der Waals surface area contributed by atoms with E-state index in [1.807, 2.05) is 19.9 Å². The molecule has 5 unspecified atom stereocenters. The number of aliphatic carboxylic acids is 1. The number of rotatable bonds is 16. The lowest BCUT2D eigenvalue weighted by molar-refractivity contribution is -0.143. The van der Waals surface area contributed by atoms with Gasteiger partial charge in [-0.25, -0.2) is 4.79 Å². The number of amides is 3. The molecule has 0 bridgehead atoms. The number of hydrogen-bond donors (Lipinski definition) is 7. The first-order valence-corrected chi connectivity index (χ1v) is 12.3. The molecule has 0 aliphatic rings. The van der Waals surface area contributed by atoms with Gasteiger partial charge in [-0.3, -0.25) is 14.4 Å². The Morgan fingerprint density at radius 3 is 2.03 bits per heavy atom. The molecule has 1 rings (SSSR count). The molecule has 3 amide bonds. The van der Waals surface area contributed by atoms with Gasteiger partial charge in [0.05, 0.1) is 12.1 Å². The zero-order chi connectivity index (χ0) is 27.3. The lowest BCUT2D eigenvalue weighted by Crippen LogP contribution is -2.60. The molecule has 1 aromatic rings. The first-order chi connectivity index (χ1) is 17.0. The minimum atomic E-state index is -1.44. The van der Waals surface area contributed by atoms with Crippen molar-refractivity contribution in [3.8, 4) is 0 Å². The molecule has 36 heavy (non-hydrogen) atoms. The molecule has 0 aliphatic heterocycles. The van der Waals surface area contributed by atoms with E-state index in [9.17, 15) is 29.4 Å². The number of hydrogen-bond acceptors (Lipinski definition) is 7. The fourth-order valence-corrected chi connectivity index (χ4v) is 3.62. The molecular formula is C25H41N5O6. The molecule has 11 heteroatoms. The van der Waals surface area contributed by atoms with E-state index in [-0.39, 0.29) is 18.8 Å². The number of carboxylic acid groups (broad SMARTS) is 1. The second kappa shape index (κ2) is 15.9. The summed E-state index contributed by atoms with van der Waals surface area (Å²) in [6.45, 7) is 5.54. The summed E-state index contributed by atoms with van der Waals surface area (Å²) in [5, 5.41) is 27.1. The van der Waals surface area contributed by atoms with E-state index >= 15 is 0 Å². The number of aliphatic hydroxyl groups excluding tert-OH is 1. The van der Waals surface area contributed by atoms with Crippen LogP contribution in [0.2, 0.25) is 0 Å². The summed E-state index contributed by atoms with van der Waals surface area (Å²) in [6, 6.07) is 4.44. The van der Waals surface area contributed by atoms with Gasteiger partial charge in [0.1, 0.15) is 18.1 Å². The second-order valence-electron chi connectivity index (χ2n) is 9.40. The molecule has 5 atom stereocenters. The van der Waals surface area contributed by atoms with Crippen molar-refractivity contribution in [2.75, 3.05) is 6.54 Å². The van der Waals surface area contributed by atoms with Crippen molar-refractivity contribution in [3.05, 3.63) is 35.9 Å². The highest BCUT2D eigenvalue weighted by Gasteiger charge is 2.32. The summed E-state index contributed by atoms with van der Waals surface area (Å²) in [7, 11) is 0. The predicted molar refractivity (Wildman–Crippen MR) is 136 cm³/mol. The lowest BCUT2D eigenvalue weighted by atomic mass is 10.0. The van der Waals surface area contributed by atoms with Gasteiger partial charge in [-0.05, 0) is 50.6 Å². The Balaban J connectivity index is 3.02. The van der Waals surface area contributed by atoms with Gasteiger partial charge in [-0.1, -0.05) is 44.2 Å². The van der Waals surface area contributed by atoms with Gasteiger partial charge in [0.2, 0.25) is 17.7 Å². The van der Waals surface area contributed by atoms with E-state index < -0.39 is 54.0 Å². The first kappa shape index (κ1) is 31.0. The summed E-state index contributed by atoms with van der Waals surface area (Å²) in [5.41, 5.74) is 12.2. The number of aliphatic hydroxyl groups is 1. The quantitative estimate of drug-likeness (QED) is 0.147. The average Bonchev–Trinajstić information content (AvgIpc) is 2.81. The molecule has 1 aromatic carbocycles. The van der Waals surface area contributed by atoms with E-state index in [1.54, 1.807) is 24.3 Å². The van der Waals surface area contributed by atoms with Crippen molar-refractivity contribution in [2.45, 2.75) is 83.1 Å². The maximum Gasteiger partial charge on any atom is 0.326 e. The normalized spacial score (nSPS) is 15.3. The van der Waals surface area contributed by atoms with Crippen LogP contribution in [0.5, 0.6) is 0 Å². The maximum absolute atomic E-state index is 13.2. The highest BCUT2D eigenvalue weighted by atomic mass is 16.4. The Labute approximate surface area is 212 Å². The van der Waals surface area contributed by atoms with Crippen LogP contribution >= 0.6 is 0 Å². The third-order valence-corrected chi connectivity index (χ3v) is 5.60. The van der Waals surface area contributed by atoms with Crippen LogP contribution in [0.15, 0.2) is 30.3 Å². The van der Waals surface area contributed by atoms with E-state index in [0.717, 1.165) is 5.56 Å². The molecule has 0 saturated heterocycles. The topological polar surface area (TPSA) is 197 Å². The number of carbonyl (C=O) groups is 4. The van der Waals surface area contributed by atoms with Crippen LogP contribution < -0.4 is 27.4 Å². The zero-order valence-corrected chi connectivity index (χ0v) is 21.3. The third-order valence-electron chi connectivity index (χ3n) is 5.60. The largest absolute Gasteiger partial charge is 0.480 e. The number of benzene rings is 1. The van der Waals surface area contributed by atoms with Crippen molar-refractivity contribution in [2.24, 2.45) is 17.4 Å². The molecule has 0 spiro atoms. The molecule has 0 heterocycles. The molecule has 202 valence electrons. The standard InChI is InChI=1S/C25H41N5O6/c1-15(2)13-18(27)22(32)29-20(14-17-9-5-4-6-10-17)23(33)30-21(16(3)31)24(34)28-19(25(35)36)11-7-8-12-26/h4-6,9-10,15-16,18-21,31H,7-8,11-14,26-27H2,1-3H3,(H,28,34)(H,29,32)(H,30,33)(H,35,36). The maximum atomic E-state index is 13.2. The van der Waals surface area contributed by atoms with Crippen LogP contribution in [0.4, 0.5) is 0 Å². The van der Waals surface area contributed by atoms with Crippen LogP contribution in [0.3, 0.4) is 0 Å². The van der Waals surface area contributed by atoms with Gasteiger partial charge < -0.3 is 37.6 Å². The lowest BCUT2D eigenvalue weighted by Gasteiger charge is -2.27. The van der Waals surface area contributed by atoms with Crippen molar-refractivity contribution < 1.29 is 29.4 Å². The third kappa shape index (κ3) is 11.1. The van der Waals surface area contributed by atoms with Crippen molar-refractivity contribution in [3.63, 3.8) is 0 Å². The summed E-state index contributed by atoms with van der Waals surface area (Å²) < 4.78 is 0. The zero-order valence-electron chi connectivity index (χ0n) is 21.3. The van der Waals surface area contributed by atoms with E-state index in [0.29, 0.717) is 25.8 Å². The van der Waals surface area contributed by atoms with Gasteiger partial charge in [0.15, 0.2) is 0 Å². The minimum Gasteiger partial charge on any atom is -0.480 e. The van der Waals surface area contributed by atoms with Gasteiger partial charge in [-0.15, -0.1) is 0 Å². The second-order valence-corrected chi connectivity index (χ2v) is 9.40. The number of carboxylic acids is 1. The first-order valence-electron chi connectivity index (χ1n) is 12.3. The Hall–Kier alpha value is -3.02. The molecule has 0 radical (unpaired) electrons. The van der Waals surface area contributed by atoms with Crippen LogP contribution in [-0.4, -0.2) is 70.7 Å². The minimum absolute atomic E-state index is 0.123. The predicted octanol–water partition coefficient (Wildman–Crippen LogP) is -0.349. The van der Waals surface area contributed by atoms with Crippen molar-refractivity contribution in [1.29, 1.82) is 0 Å². The number of nitrogens with one attached hydrogen (secondary N) is 3. The van der Waals surface area contributed by atoms with Crippen LogP contribution in [0, 0.1) is 5.92 Å². The average molecular weight is 508 g/mol. The molecule has 0 aliphatic carbocycles. The highest BCUT2D eigenvalue weighted by Crippen LogP contribution is 2.08. The van der Waals surface area contributed by atoms with Crippen molar-refractivity contribution >= 4 is 23.7 Å². The van der Waals surface area contributed by atoms with Crippen LogP contribution in [0.25, 0.3) is 0 Å². The van der Waals surface area contributed by atoms with Gasteiger partial charge in [0.25, 0.3) is 0 Å². The van der Waals surface area contributed by atoms with E-state index in [2.05, 4.69) is 16.0 Å². The van der Waals surface area contributed by atoms with Gasteiger partial charge >= 0.3 is 5.97 Å². The molecule has 0 fully saturated rings. The Morgan fingerprint density at radius 2 is 1.50 bits per heavy atom. The summed E-state index contributed by atoms with van der Waals surface area (Å²) >= 11 is 0. The Kier molecular flexibility index (Phi) is 13.7. The fourth-order valence-electron chi connectivity index (χ4n) is 3.62. The van der Waals surface area contributed by atoms with Crippen LogP contribution in [-0.2, 0) is 25.6 Å². The van der Waals surface area contributed by atoms with E-state index in [4.69, 9.17) is 11.5 Å². The van der Waals surface area contributed by atoms with E-state index in [1.165, 1.54) is 6.92 Å². The SMILES string of the molecule is CC(C)CC(N)C(=O)NC(Cc1ccccc1)C(=O)NC(C(=O)NC(CCCCN)C(=O)O)C(C)O. The molecule has 11 nitrogen and oxygen atoms in total. The number of unbranched alkanes of at least 4 members (excludes halogenated alkanes) is 1. The summed E-state index contributed by atoms with van der Waals surface area (Å²) in [6.07, 6.45) is 0.447. The highest BCUT2D eigenvalue weighted by molar-refractivity contribution is 5.94. The number of carbonyl (C=O) groups excluding carboxylic acids is 3. The molecule has 9 N–H and O–H groups in total. The van der Waals surface area contributed by atoms with Gasteiger partial charge in [-0.2, -0.15) is 0 Å². The van der Waals surface area contributed by atoms with Crippen molar-refractivity contribution in [1.82, 2.24) is 16.0 Å². The van der Waals surface area contributed by atoms with Crippen LogP contribution in [0.1, 0.15) is 52.0 Å². The molecular weight excluding hydrogens is 466 g/mol. The summed E-state index contributed by atoms with van der Waals surface area (Å²) in [4.78, 5) is 50.2.